The van der Waals surface area contributed by atoms with Crippen LogP contribution >= 0.6 is 0 Å². The van der Waals surface area contributed by atoms with E-state index in [4.69, 9.17) is 0 Å². The van der Waals surface area contributed by atoms with Crippen LogP contribution in [0.3, 0.4) is 0 Å². The molecule has 1 aliphatic carbocycles. The van der Waals surface area contributed by atoms with Gasteiger partial charge in [0.2, 0.25) is 0 Å². The number of hydrogen-bond acceptors (Lipinski definition) is 2. The van der Waals surface area contributed by atoms with Gasteiger partial charge in [0.25, 0.3) is 0 Å². The first kappa shape index (κ1) is 12.1. The third kappa shape index (κ3) is 2.68. The highest BCUT2D eigenvalue weighted by Gasteiger charge is 2.24. The molecule has 4 nitrogen and oxygen atoms in total. The fourth-order valence-electron chi connectivity index (χ4n) is 2.62. The van der Waals surface area contributed by atoms with Crippen LogP contribution < -0.4 is 0 Å². The Morgan fingerprint density at radius 2 is 2.18 bits per heavy atom. The van der Waals surface area contributed by atoms with Crippen molar-refractivity contribution in [1.29, 1.82) is 0 Å². The molecular formula is C13H20N2O2. The highest BCUT2D eigenvalue weighted by atomic mass is 16.4. The molecule has 0 unspecified atom stereocenters. The lowest BCUT2D eigenvalue weighted by molar-refractivity contribution is 0.0694. The molecule has 1 aromatic heterocycles. The first-order chi connectivity index (χ1) is 8.22. The summed E-state index contributed by atoms with van der Waals surface area (Å²) in [5, 5.41) is 13.7. The molecule has 0 spiro atoms. The Hall–Kier alpha value is -1.32. The number of carboxylic acid groups (broad SMARTS) is 1. The van der Waals surface area contributed by atoms with E-state index in [0.29, 0.717) is 11.5 Å². The van der Waals surface area contributed by atoms with Gasteiger partial charge >= 0.3 is 5.97 Å². The summed E-state index contributed by atoms with van der Waals surface area (Å²) in [6.45, 7) is 2.87. The van der Waals surface area contributed by atoms with Crippen LogP contribution in [0.2, 0.25) is 0 Å². The fourth-order valence-corrected chi connectivity index (χ4v) is 2.62. The fraction of sp³-hybridized carbons (Fsp3) is 0.692. The molecule has 0 aliphatic heterocycles. The Morgan fingerprint density at radius 3 is 2.76 bits per heavy atom. The quantitative estimate of drug-likeness (QED) is 0.874. The number of aryl methyl sites for hydroxylation is 1. The zero-order valence-electron chi connectivity index (χ0n) is 10.4. The number of carboxylic acids is 1. The zero-order valence-corrected chi connectivity index (χ0v) is 10.4. The average Bonchev–Trinajstić information content (AvgIpc) is 2.75. The number of hydrogen-bond donors (Lipinski definition) is 1. The normalized spacial score (nSPS) is 17.2. The van der Waals surface area contributed by atoms with E-state index in [-0.39, 0.29) is 0 Å². The maximum absolute atomic E-state index is 11.2. The predicted octanol–water partition coefficient (Wildman–Crippen LogP) is 3.04. The molecule has 1 saturated carbocycles. The van der Waals surface area contributed by atoms with Gasteiger partial charge < -0.3 is 5.11 Å². The van der Waals surface area contributed by atoms with Crippen molar-refractivity contribution < 1.29 is 9.90 Å². The maximum Gasteiger partial charge on any atom is 0.339 e. The van der Waals surface area contributed by atoms with Gasteiger partial charge in [0.15, 0.2) is 0 Å². The Bertz CT molecular complexity index is 392. The highest BCUT2D eigenvalue weighted by Crippen LogP contribution is 2.33. The van der Waals surface area contributed by atoms with Gasteiger partial charge in [0.1, 0.15) is 5.56 Å². The predicted molar refractivity (Wildman–Crippen MR) is 65.3 cm³/mol. The SMILES string of the molecule is CCCn1cc(C(=O)O)c(C2CCCCC2)n1. The number of aromatic carboxylic acids is 1. The van der Waals surface area contributed by atoms with Crippen LogP contribution in [-0.4, -0.2) is 20.9 Å². The number of rotatable bonds is 4. The van der Waals surface area contributed by atoms with Crippen molar-refractivity contribution in [2.75, 3.05) is 0 Å². The van der Waals surface area contributed by atoms with Gasteiger partial charge in [-0.3, -0.25) is 4.68 Å². The Morgan fingerprint density at radius 1 is 1.47 bits per heavy atom. The molecule has 1 aromatic rings. The summed E-state index contributed by atoms with van der Waals surface area (Å²) in [5.74, 6) is -0.485. The number of carbonyl (C=O) groups is 1. The third-order valence-electron chi connectivity index (χ3n) is 3.47. The second-order valence-corrected chi connectivity index (χ2v) is 4.83. The van der Waals surface area contributed by atoms with Crippen LogP contribution in [0.15, 0.2) is 6.20 Å². The molecule has 1 N–H and O–H groups in total. The van der Waals surface area contributed by atoms with Gasteiger partial charge in [0, 0.05) is 18.7 Å². The van der Waals surface area contributed by atoms with Crippen molar-refractivity contribution in [2.24, 2.45) is 0 Å². The molecule has 0 aromatic carbocycles. The average molecular weight is 236 g/mol. The molecule has 4 heteroatoms. The number of nitrogens with zero attached hydrogens (tertiary/aromatic N) is 2. The van der Waals surface area contributed by atoms with Crippen molar-refractivity contribution in [3.63, 3.8) is 0 Å². The zero-order chi connectivity index (χ0) is 12.3. The molecule has 2 rings (SSSR count). The molecule has 0 saturated heterocycles. The van der Waals surface area contributed by atoms with Crippen LogP contribution in [0.4, 0.5) is 0 Å². The maximum atomic E-state index is 11.2. The van der Waals surface area contributed by atoms with E-state index >= 15 is 0 Å². The minimum Gasteiger partial charge on any atom is -0.478 e. The molecule has 1 heterocycles. The summed E-state index contributed by atoms with van der Waals surface area (Å²) in [7, 11) is 0. The molecule has 94 valence electrons. The molecule has 0 radical (unpaired) electrons. The molecule has 0 bridgehead atoms. The van der Waals surface area contributed by atoms with Crippen molar-refractivity contribution in [3.05, 3.63) is 17.5 Å². The minimum atomic E-state index is -0.840. The first-order valence-corrected chi connectivity index (χ1v) is 6.53. The summed E-state index contributed by atoms with van der Waals surface area (Å²) in [4.78, 5) is 11.2. The van der Waals surface area contributed by atoms with Gasteiger partial charge in [-0.2, -0.15) is 5.10 Å². The van der Waals surface area contributed by atoms with Crippen LogP contribution in [0.5, 0.6) is 0 Å². The Labute approximate surface area is 102 Å². The van der Waals surface area contributed by atoms with Gasteiger partial charge in [-0.05, 0) is 19.3 Å². The van der Waals surface area contributed by atoms with E-state index < -0.39 is 5.97 Å². The summed E-state index contributed by atoms with van der Waals surface area (Å²) < 4.78 is 1.79. The van der Waals surface area contributed by atoms with Crippen molar-refractivity contribution in [2.45, 2.75) is 57.9 Å². The van der Waals surface area contributed by atoms with Gasteiger partial charge in [0.05, 0.1) is 5.69 Å². The lowest BCUT2D eigenvalue weighted by Crippen LogP contribution is -2.10. The molecule has 1 aliphatic rings. The standard InChI is InChI=1S/C13H20N2O2/c1-2-8-15-9-11(13(16)17)12(14-15)10-6-4-3-5-7-10/h9-10H,2-8H2,1H3,(H,16,17). The first-order valence-electron chi connectivity index (χ1n) is 6.53. The van der Waals surface area contributed by atoms with Gasteiger partial charge in [-0.15, -0.1) is 0 Å². The molecule has 17 heavy (non-hydrogen) atoms. The Balaban J connectivity index is 2.26. The summed E-state index contributed by atoms with van der Waals surface area (Å²) in [6.07, 6.45) is 8.51. The topological polar surface area (TPSA) is 55.1 Å². The highest BCUT2D eigenvalue weighted by molar-refractivity contribution is 5.88. The van der Waals surface area contributed by atoms with Gasteiger partial charge in [-0.1, -0.05) is 26.2 Å². The molecular weight excluding hydrogens is 216 g/mol. The smallest absolute Gasteiger partial charge is 0.339 e. The minimum absolute atomic E-state index is 0.355. The largest absolute Gasteiger partial charge is 0.478 e. The van der Waals surface area contributed by atoms with Crippen LogP contribution in [0.25, 0.3) is 0 Å². The monoisotopic (exact) mass is 236 g/mol. The van der Waals surface area contributed by atoms with E-state index in [9.17, 15) is 9.90 Å². The number of aromatic nitrogens is 2. The second kappa shape index (κ2) is 5.34. The van der Waals surface area contributed by atoms with E-state index in [1.165, 1.54) is 19.3 Å². The summed E-state index contributed by atoms with van der Waals surface area (Å²) in [5.41, 5.74) is 1.22. The summed E-state index contributed by atoms with van der Waals surface area (Å²) in [6, 6.07) is 0. The van der Waals surface area contributed by atoms with E-state index in [0.717, 1.165) is 31.5 Å². The van der Waals surface area contributed by atoms with E-state index in [1.807, 2.05) is 0 Å². The van der Waals surface area contributed by atoms with Crippen LogP contribution in [-0.2, 0) is 6.54 Å². The summed E-state index contributed by atoms with van der Waals surface area (Å²) >= 11 is 0. The molecule has 1 fully saturated rings. The molecule has 0 atom stereocenters. The van der Waals surface area contributed by atoms with E-state index in [1.54, 1.807) is 10.9 Å². The Kier molecular flexibility index (Phi) is 3.82. The van der Waals surface area contributed by atoms with Crippen LogP contribution in [0, 0.1) is 0 Å². The van der Waals surface area contributed by atoms with Crippen LogP contribution in [0.1, 0.15) is 67.4 Å². The second-order valence-electron chi connectivity index (χ2n) is 4.83. The lowest BCUT2D eigenvalue weighted by Gasteiger charge is -2.20. The van der Waals surface area contributed by atoms with Crippen molar-refractivity contribution in [1.82, 2.24) is 9.78 Å². The third-order valence-corrected chi connectivity index (χ3v) is 3.47. The molecule has 0 amide bonds. The van der Waals surface area contributed by atoms with Crippen molar-refractivity contribution >= 4 is 5.97 Å². The van der Waals surface area contributed by atoms with Gasteiger partial charge in [-0.25, -0.2) is 4.79 Å². The lowest BCUT2D eigenvalue weighted by atomic mass is 9.85. The van der Waals surface area contributed by atoms with E-state index in [2.05, 4.69) is 12.0 Å². The van der Waals surface area contributed by atoms with Crippen molar-refractivity contribution in [3.8, 4) is 0 Å².